The van der Waals surface area contributed by atoms with E-state index in [1.165, 1.54) is 17.4 Å². The molecule has 0 fully saturated rings. The summed E-state index contributed by atoms with van der Waals surface area (Å²) in [5.74, 6) is 2.23. The first-order valence-corrected chi connectivity index (χ1v) is 10.7. The van der Waals surface area contributed by atoms with Gasteiger partial charge in [-0.2, -0.15) is 0 Å². The van der Waals surface area contributed by atoms with Crippen LogP contribution < -0.4 is 19.0 Å². The van der Waals surface area contributed by atoms with E-state index in [0.717, 1.165) is 11.3 Å². The van der Waals surface area contributed by atoms with Crippen LogP contribution in [0.15, 0.2) is 69.6 Å². The second-order valence-corrected chi connectivity index (χ2v) is 7.68. The molecule has 2 aromatic carbocycles. The number of thiazole rings is 1. The maximum atomic E-state index is 11.5. The Hall–Kier alpha value is -4.05. The number of benzene rings is 2. The third kappa shape index (κ3) is 4.46. The van der Waals surface area contributed by atoms with Gasteiger partial charge in [-0.3, -0.25) is 10.1 Å². The van der Waals surface area contributed by atoms with E-state index < -0.39 is 4.92 Å². The molecule has 2 heterocycles. The number of furan rings is 1. The second-order valence-electron chi connectivity index (χ2n) is 6.84. The van der Waals surface area contributed by atoms with E-state index in [0.29, 0.717) is 34.4 Å². The van der Waals surface area contributed by atoms with Gasteiger partial charge in [-0.25, -0.2) is 4.99 Å². The molecule has 0 radical (unpaired) electrons. The molecule has 33 heavy (non-hydrogen) atoms. The number of nitro groups is 1. The molecule has 0 atom stereocenters. The van der Waals surface area contributed by atoms with Crippen molar-refractivity contribution < 1.29 is 23.6 Å². The van der Waals surface area contributed by atoms with Gasteiger partial charge >= 0.3 is 0 Å². The summed E-state index contributed by atoms with van der Waals surface area (Å²) in [6.45, 7) is 0.377. The summed E-state index contributed by atoms with van der Waals surface area (Å²) in [7, 11) is 4.66. The number of ether oxygens (including phenoxy) is 3. The topological polar surface area (TPSA) is 101 Å². The van der Waals surface area contributed by atoms with Crippen molar-refractivity contribution in [3.8, 4) is 28.5 Å². The van der Waals surface area contributed by atoms with Crippen LogP contribution in [0.1, 0.15) is 5.76 Å². The Kier molecular flexibility index (Phi) is 6.45. The lowest BCUT2D eigenvalue weighted by Gasteiger charge is -2.15. The molecule has 0 bridgehead atoms. The molecule has 4 aromatic rings. The zero-order valence-electron chi connectivity index (χ0n) is 18.2. The fourth-order valence-electron chi connectivity index (χ4n) is 3.41. The van der Waals surface area contributed by atoms with E-state index in [2.05, 4.69) is 4.99 Å². The number of methoxy groups -OCH3 is 3. The summed E-state index contributed by atoms with van der Waals surface area (Å²) >= 11 is 1.36. The van der Waals surface area contributed by atoms with E-state index in [9.17, 15) is 10.1 Å². The summed E-state index contributed by atoms with van der Waals surface area (Å²) in [5, 5.41) is 13.4. The number of hydrogen-bond acceptors (Lipinski definition) is 8. The molecule has 2 aromatic heterocycles. The Balaban J connectivity index is 1.93. The van der Waals surface area contributed by atoms with Crippen LogP contribution in [0.25, 0.3) is 11.3 Å². The molecule has 0 unspecified atom stereocenters. The smallest absolute Gasteiger partial charge is 0.294 e. The second kappa shape index (κ2) is 9.61. The van der Waals surface area contributed by atoms with Gasteiger partial charge < -0.3 is 23.2 Å². The molecule has 0 amide bonds. The summed E-state index contributed by atoms with van der Waals surface area (Å²) in [6.07, 6.45) is 1.60. The average Bonchev–Trinajstić information content (AvgIpc) is 3.49. The zero-order chi connectivity index (χ0) is 23.4. The van der Waals surface area contributed by atoms with Crippen LogP contribution in [-0.4, -0.2) is 30.8 Å². The molecule has 4 rings (SSSR count). The molecule has 0 N–H and O–H groups in total. The number of rotatable bonds is 8. The molecule has 0 spiro atoms. The van der Waals surface area contributed by atoms with Gasteiger partial charge in [0.2, 0.25) is 5.75 Å². The lowest BCUT2D eigenvalue weighted by Crippen LogP contribution is -2.16. The van der Waals surface area contributed by atoms with Crippen LogP contribution in [-0.2, 0) is 6.54 Å². The Morgan fingerprint density at radius 3 is 2.39 bits per heavy atom. The minimum absolute atomic E-state index is 0.0650. The highest BCUT2D eigenvalue weighted by Crippen LogP contribution is 2.41. The highest BCUT2D eigenvalue weighted by atomic mass is 32.1. The zero-order valence-corrected chi connectivity index (χ0v) is 19.0. The predicted molar refractivity (Wildman–Crippen MR) is 124 cm³/mol. The van der Waals surface area contributed by atoms with E-state index in [-0.39, 0.29) is 11.4 Å². The fourth-order valence-corrected chi connectivity index (χ4v) is 4.33. The number of hydrogen-bond donors (Lipinski definition) is 0. The average molecular weight is 468 g/mol. The molecule has 0 aliphatic carbocycles. The molecule has 170 valence electrons. The van der Waals surface area contributed by atoms with Gasteiger partial charge in [0.25, 0.3) is 5.69 Å². The van der Waals surface area contributed by atoms with Crippen LogP contribution in [0.5, 0.6) is 17.2 Å². The Morgan fingerprint density at radius 2 is 1.79 bits per heavy atom. The number of para-hydroxylation sites is 2. The number of aromatic nitrogens is 1. The number of nitrogens with zero attached hydrogens (tertiary/aromatic N) is 3. The Labute approximate surface area is 193 Å². The summed E-state index contributed by atoms with van der Waals surface area (Å²) in [6, 6.07) is 13.7. The van der Waals surface area contributed by atoms with E-state index in [1.54, 1.807) is 51.9 Å². The first kappa shape index (κ1) is 22.2. The molecule has 0 aliphatic rings. The van der Waals surface area contributed by atoms with Crippen molar-refractivity contribution in [3.63, 3.8) is 0 Å². The van der Waals surface area contributed by atoms with Crippen molar-refractivity contribution in [2.75, 3.05) is 21.3 Å². The quantitative estimate of drug-likeness (QED) is 0.266. The van der Waals surface area contributed by atoms with Crippen molar-refractivity contribution in [1.82, 2.24) is 4.57 Å². The minimum Gasteiger partial charge on any atom is -0.493 e. The Bertz CT molecular complexity index is 1320. The molecular formula is C23H21N3O6S. The number of nitro benzene ring substituents is 1. The van der Waals surface area contributed by atoms with E-state index >= 15 is 0 Å². The van der Waals surface area contributed by atoms with Crippen molar-refractivity contribution in [2.45, 2.75) is 6.54 Å². The third-order valence-electron chi connectivity index (χ3n) is 4.95. The lowest BCUT2D eigenvalue weighted by molar-refractivity contribution is -0.384. The third-order valence-corrected chi connectivity index (χ3v) is 5.81. The normalized spacial score (nSPS) is 11.4. The maximum absolute atomic E-state index is 11.5. The largest absolute Gasteiger partial charge is 0.493 e. The lowest BCUT2D eigenvalue weighted by atomic mass is 10.1. The highest BCUT2D eigenvalue weighted by molar-refractivity contribution is 7.07. The van der Waals surface area contributed by atoms with Crippen molar-refractivity contribution >= 4 is 22.7 Å². The van der Waals surface area contributed by atoms with Gasteiger partial charge in [0, 0.05) is 17.0 Å². The monoisotopic (exact) mass is 467 g/mol. The van der Waals surface area contributed by atoms with Gasteiger partial charge in [-0.1, -0.05) is 12.1 Å². The van der Waals surface area contributed by atoms with Crippen molar-refractivity contribution in [2.24, 2.45) is 4.99 Å². The summed E-state index contributed by atoms with van der Waals surface area (Å²) in [4.78, 5) is 16.2. The van der Waals surface area contributed by atoms with Gasteiger partial charge in [0.05, 0.1) is 44.8 Å². The first-order chi connectivity index (χ1) is 16.0. The van der Waals surface area contributed by atoms with Crippen molar-refractivity contribution in [1.29, 1.82) is 0 Å². The van der Waals surface area contributed by atoms with E-state index in [1.807, 2.05) is 28.1 Å². The maximum Gasteiger partial charge on any atom is 0.294 e. The Morgan fingerprint density at radius 1 is 1.06 bits per heavy atom. The standard InChI is InChI=1S/C23H21N3O6S/c1-29-20-11-15(12-21(30-2)22(20)31-3)19-14-33-23(25(19)13-16-7-6-10-32-16)24-17-8-4-5-9-18(17)26(27)28/h4-12,14H,13H2,1-3H3. The first-order valence-electron chi connectivity index (χ1n) is 9.85. The van der Waals surface area contributed by atoms with E-state index in [4.69, 9.17) is 18.6 Å². The molecule has 0 saturated heterocycles. The van der Waals surface area contributed by atoms with Crippen LogP contribution >= 0.6 is 11.3 Å². The van der Waals surface area contributed by atoms with Gasteiger partial charge in [-0.15, -0.1) is 11.3 Å². The summed E-state index contributed by atoms with van der Waals surface area (Å²) in [5.41, 5.74) is 1.82. The van der Waals surface area contributed by atoms with Crippen LogP contribution in [0.2, 0.25) is 0 Å². The van der Waals surface area contributed by atoms with Gasteiger partial charge in [0.1, 0.15) is 11.4 Å². The molecular weight excluding hydrogens is 446 g/mol. The SMILES string of the molecule is COc1cc(-c2csc(=Nc3ccccc3[N+](=O)[O-])n2Cc2ccco2)cc(OC)c1OC. The van der Waals surface area contributed by atoms with Crippen LogP contribution in [0.3, 0.4) is 0 Å². The molecule has 10 heteroatoms. The molecule has 0 aliphatic heterocycles. The van der Waals surface area contributed by atoms with Gasteiger partial charge in [0.15, 0.2) is 16.3 Å². The molecule has 9 nitrogen and oxygen atoms in total. The highest BCUT2D eigenvalue weighted by Gasteiger charge is 2.18. The van der Waals surface area contributed by atoms with Crippen LogP contribution in [0, 0.1) is 10.1 Å². The minimum atomic E-state index is -0.441. The predicted octanol–water partition coefficient (Wildman–Crippen LogP) is 5.02. The van der Waals surface area contributed by atoms with Gasteiger partial charge in [-0.05, 0) is 30.3 Å². The fraction of sp³-hybridized carbons (Fsp3) is 0.174. The van der Waals surface area contributed by atoms with Crippen molar-refractivity contribution in [3.05, 3.63) is 80.9 Å². The summed E-state index contributed by atoms with van der Waals surface area (Å²) < 4.78 is 23.9. The van der Waals surface area contributed by atoms with Crippen LogP contribution in [0.4, 0.5) is 11.4 Å². The molecule has 0 saturated carbocycles.